The van der Waals surface area contributed by atoms with Crippen LogP contribution in [0.4, 0.5) is 0 Å². The molecular formula is C15H21N3O2. The predicted molar refractivity (Wildman–Crippen MR) is 77.7 cm³/mol. The van der Waals surface area contributed by atoms with Crippen LogP contribution in [0, 0.1) is 6.92 Å². The zero-order valence-electron chi connectivity index (χ0n) is 12.2. The first-order chi connectivity index (χ1) is 9.52. The third kappa shape index (κ3) is 2.99. The predicted octanol–water partition coefficient (Wildman–Crippen LogP) is 1.86. The van der Waals surface area contributed by atoms with E-state index in [2.05, 4.69) is 5.10 Å². The molecule has 5 heteroatoms. The van der Waals surface area contributed by atoms with E-state index in [-0.39, 0.29) is 5.69 Å². The molecule has 0 amide bonds. The van der Waals surface area contributed by atoms with Gasteiger partial charge >= 0.3 is 5.69 Å². The quantitative estimate of drug-likeness (QED) is 0.906. The van der Waals surface area contributed by atoms with Crippen LogP contribution in [0.3, 0.4) is 0 Å². The maximum Gasteiger partial charge on any atom is 0.346 e. The molecule has 0 radical (unpaired) electrons. The highest BCUT2D eigenvalue weighted by atomic mass is 16.3. The first-order valence-electron chi connectivity index (χ1n) is 6.94. The maximum absolute atomic E-state index is 12.3. The van der Waals surface area contributed by atoms with Gasteiger partial charge in [0.2, 0.25) is 0 Å². The summed E-state index contributed by atoms with van der Waals surface area (Å²) in [5.41, 5.74) is 2.04. The number of aliphatic hydroxyl groups excluding tert-OH is 1. The van der Waals surface area contributed by atoms with Crippen molar-refractivity contribution >= 4 is 0 Å². The summed E-state index contributed by atoms with van der Waals surface area (Å²) in [4.78, 5) is 12.3. The van der Waals surface area contributed by atoms with E-state index in [0.29, 0.717) is 18.9 Å². The fourth-order valence-electron chi connectivity index (χ4n) is 2.17. The van der Waals surface area contributed by atoms with Crippen molar-refractivity contribution in [2.24, 2.45) is 0 Å². The SMILES string of the molecule is CCCn1c([C@H](C)O)nn(Cc2ccc(C)cc2)c1=O. The second-order valence-electron chi connectivity index (χ2n) is 5.11. The van der Waals surface area contributed by atoms with Crippen molar-refractivity contribution in [1.82, 2.24) is 14.3 Å². The smallest absolute Gasteiger partial charge is 0.346 e. The van der Waals surface area contributed by atoms with Gasteiger partial charge in [0.25, 0.3) is 0 Å². The Balaban J connectivity index is 2.35. The highest BCUT2D eigenvalue weighted by molar-refractivity contribution is 5.21. The molecule has 1 heterocycles. The number of rotatable bonds is 5. The lowest BCUT2D eigenvalue weighted by Gasteiger charge is -2.04. The molecule has 20 heavy (non-hydrogen) atoms. The van der Waals surface area contributed by atoms with Crippen molar-refractivity contribution in [2.75, 3.05) is 0 Å². The van der Waals surface area contributed by atoms with Gasteiger partial charge in [-0.3, -0.25) is 4.57 Å². The summed E-state index contributed by atoms with van der Waals surface area (Å²) in [7, 11) is 0. The summed E-state index contributed by atoms with van der Waals surface area (Å²) in [6.45, 7) is 6.65. The largest absolute Gasteiger partial charge is 0.385 e. The summed E-state index contributed by atoms with van der Waals surface area (Å²) in [5, 5.41) is 14.0. The zero-order valence-corrected chi connectivity index (χ0v) is 12.2. The maximum atomic E-state index is 12.3. The molecule has 108 valence electrons. The highest BCUT2D eigenvalue weighted by Gasteiger charge is 2.16. The van der Waals surface area contributed by atoms with Crippen molar-refractivity contribution in [3.63, 3.8) is 0 Å². The van der Waals surface area contributed by atoms with E-state index < -0.39 is 6.10 Å². The average Bonchev–Trinajstić information content (AvgIpc) is 2.71. The first kappa shape index (κ1) is 14.5. The molecule has 0 unspecified atom stereocenters. The van der Waals surface area contributed by atoms with Crippen LogP contribution in [0.1, 0.15) is 43.3 Å². The number of aromatic nitrogens is 3. The molecule has 5 nitrogen and oxygen atoms in total. The molecule has 1 atom stereocenters. The van der Waals surface area contributed by atoms with Crippen molar-refractivity contribution in [3.8, 4) is 0 Å². The second kappa shape index (κ2) is 6.05. The standard InChI is InChI=1S/C15H21N3O2/c1-4-9-17-14(12(3)19)16-18(15(17)20)10-13-7-5-11(2)6-8-13/h5-8,12,19H,4,9-10H2,1-3H3/t12-/m0/s1. The molecule has 0 saturated heterocycles. The molecule has 1 aromatic heterocycles. The van der Waals surface area contributed by atoms with E-state index in [9.17, 15) is 9.90 Å². The third-order valence-electron chi connectivity index (χ3n) is 3.23. The molecule has 0 aliphatic carbocycles. The van der Waals surface area contributed by atoms with Crippen LogP contribution in [0.5, 0.6) is 0 Å². The minimum atomic E-state index is -0.742. The summed E-state index contributed by atoms with van der Waals surface area (Å²) in [6.07, 6.45) is 0.0871. The van der Waals surface area contributed by atoms with Gasteiger partial charge in [-0.25, -0.2) is 9.48 Å². The van der Waals surface area contributed by atoms with Crippen molar-refractivity contribution < 1.29 is 5.11 Å². The molecule has 2 aromatic rings. The Morgan fingerprint density at radius 3 is 2.50 bits per heavy atom. The number of benzene rings is 1. The Kier molecular flexibility index (Phi) is 4.39. The Morgan fingerprint density at radius 2 is 1.95 bits per heavy atom. The van der Waals surface area contributed by atoms with E-state index in [1.54, 1.807) is 11.5 Å². The van der Waals surface area contributed by atoms with Crippen molar-refractivity contribution in [3.05, 3.63) is 51.7 Å². The van der Waals surface area contributed by atoms with E-state index >= 15 is 0 Å². The highest BCUT2D eigenvalue weighted by Crippen LogP contribution is 2.09. The van der Waals surface area contributed by atoms with E-state index in [1.165, 1.54) is 10.2 Å². The first-order valence-corrected chi connectivity index (χ1v) is 6.94. The molecule has 0 spiro atoms. The number of hydrogen-bond donors (Lipinski definition) is 1. The van der Waals surface area contributed by atoms with Crippen molar-refractivity contribution in [1.29, 1.82) is 0 Å². The van der Waals surface area contributed by atoms with Gasteiger partial charge in [0.05, 0.1) is 6.54 Å². The average molecular weight is 275 g/mol. The molecule has 1 N–H and O–H groups in total. The van der Waals surface area contributed by atoms with Gasteiger partial charge in [-0.15, -0.1) is 0 Å². The van der Waals surface area contributed by atoms with Crippen LogP contribution in [-0.2, 0) is 13.1 Å². The zero-order chi connectivity index (χ0) is 14.7. The number of hydrogen-bond acceptors (Lipinski definition) is 3. The summed E-state index contributed by atoms with van der Waals surface area (Å²) < 4.78 is 2.97. The van der Waals surface area contributed by atoms with Gasteiger partial charge in [-0.05, 0) is 25.8 Å². The van der Waals surface area contributed by atoms with Crippen LogP contribution in [-0.4, -0.2) is 19.5 Å². The van der Waals surface area contributed by atoms with Crippen LogP contribution in [0.2, 0.25) is 0 Å². The molecule has 0 aliphatic heterocycles. The lowest BCUT2D eigenvalue weighted by atomic mass is 10.1. The lowest BCUT2D eigenvalue weighted by Crippen LogP contribution is -2.26. The molecule has 0 bridgehead atoms. The Morgan fingerprint density at radius 1 is 1.30 bits per heavy atom. The fourth-order valence-corrected chi connectivity index (χ4v) is 2.17. The molecule has 1 aromatic carbocycles. The molecular weight excluding hydrogens is 254 g/mol. The lowest BCUT2D eigenvalue weighted by molar-refractivity contribution is 0.182. The normalized spacial score (nSPS) is 12.6. The van der Waals surface area contributed by atoms with Crippen LogP contribution in [0.15, 0.2) is 29.1 Å². The van der Waals surface area contributed by atoms with Crippen LogP contribution >= 0.6 is 0 Å². The number of aliphatic hydroxyl groups is 1. The summed E-state index contributed by atoms with van der Waals surface area (Å²) in [6, 6.07) is 8.00. The van der Waals surface area contributed by atoms with Gasteiger partial charge in [0.1, 0.15) is 6.10 Å². The molecule has 2 rings (SSSR count). The van der Waals surface area contributed by atoms with Gasteiger partial charge in [0, 0.05) is 6.54 Å². The van der Waals surface area contributed by atoms with E-state index in [0.717, 1.165) is 12.0 Å². The number of nitrogens with zero attached hydrogens (tertiary/aromatic N) is 3. The topological polar surface area (TPSA) is 60.0 Å². The Bertz CT molecular complexity index is 624. The minimum absolute atomic E-state index is 0.164. The van der Waals surface area contributed by atoms with Gasteiger partial charge < -0.3 is 5.11 Å². The van der Waals surface area contributed by atoms with Gasteiger partial charge in [-0.2, -0.15) is 5.10 Å². The molecule has 0 fully saturated rings. The number of aryl methyl sites for hydroxylation is 1. The second-order valence-corrected chi connectivity index (χ2v) is 5.11. The van der Waals surface area contributed by atoms with Gasteiger partial charge in [-0.1, -0.05) is 36.8 Å². The summed E-state index contributed by atoms with van der Waals surface area (Å²) >= 11 is 0. The van der Waals surface area contributed by atoms with Crippen molar-refractivity contribution in [2.45, 2.75) is 46.4 Å². The minimum Gasteiger partial charge on any atom is -0.385 e. The summed E-state index contributed by atoms with van der Waals surface area (Å²) in [5.74, 6) is 0.434. The Hall–Kier alpha value is -1.88. The van der Waals surface area contributed by atoms with E-state index in [1.807, 2.05) is 38.1 Å². The van der Waals surface area contributed by atoms with Crippen LogP contribution in [0.25, 0.3) is 0 Å². The molecule has 0 aliphatic rings. The van der Waals surface area contributed by atoms with Crippen LogP contribution < -0.4 is 5.69 Å². The third-order valence-corrected chi connectivity index (χ3v) is 3.23. The monoisotopic (exact) mass is 275 g/mol. The van der Waals surface area contributed by atoms with Gasteiger partial charge in [0.15, 0.2) is 5.82 Å². The fraction of sp³-hybridized carbons (Fsp3) is 0.467. The van der Waals surface area contributed by atoms with E-state index in [4.69, 9.17) is 0 Å². The Labute approximate surface area is 118 Å². The molecule has 0 saturated carbocycles.